The SMILES string of the molecule is CCCNc1cncc(N(CCO)Cc2ccccc2)n1. The highest BCUT2D eigenvalue weighted by atomic mass is 16.3. The maximum Gasteiger partial charge on any atom is 0.149 e. The first-order valence-corrected chi connectivity index (χ1v) is 7.29. The molecular weight excluding hydrogens is 264 g/mol. The quantitative estimate of drug-likeness (QED) is 0.779. The molecule has 1 aromatic heterocycles. The third kappa shape index (κ3) is 4.72. The number of hydrogen-bond acceptors (Lipinski definition) is 5. The molecule has 2 N–H and O–H groups in total. The van der Waals surface area contributed by atoms with Gasteiger partial charge in [0.05, 0.1) is 19.0 Å². The van der Waals surface area contributed by atoms with Gasteiger partial charge >= 0.3 is 0 Å². The number of aromatic nitrogens is 2. The highest BCUT2D eigenvalue weighted by Gasteiger charge is 2.09. The Hall–Kier alpha value is -2.14. The molecule has 112 valence electrons. The summed E-state index contributed by atoms with van der Waals surface area (Å²) in [7, 11) is 0. The molecule has 5 nitrogen and oxygen atoms in total. The van der Waals surface area contributed by atoms with Crippen molar-refractivity contribution in [3.63, 3.8) is 0 Å². The predicted octanol–water partition coefficient (Wildman–Crippen LogP) is 2.30. The van der Waals surface area contributed by atoms with Gasteiger partial charge in [0, 0.05) is 19.6 Å². The Labute approximate surface area is 125 Å². The molecule has 0 aliphatic heterocycles. The summed E-state index contributed by atoms with van der Waals surface area (Å²) >= 11 is 0. The Bertz CT molecular complexity index is 533. The van der Waals surface area contributed by atoms with E-state index in [1.165, 1.54) is 5.56 Å². The number of aliphatic hydroxyl groups excluding tert-OH is 1. The summed E-state index contributed by atoms with van der Waals surface area (Å²) in [6, 6.07) is 10.2. The number of nitrogens with zero attached hydrogens (tertiary/aromatic N) is 3. The number of rotatable bonds is 8. The monoisotopic (exact) mass is 286 g/mol. The number of nitrogens with one attached hydrogen (secondary N) is 1. The van der Waals surface area contributed by atoms with Crippen molar-refractivity contribution in [2.24, 2.45) is 0 Å². The zero-order valence-corrected chi connectivity index (χ0v) is 12.4. The van der Waals surface area contributed by atoms with E-state index in [0.29, 0.717) is 13.1 Å². The third-order valence-electron chi connectivity index (χ3n) is 3.09. The predicted molar refractivity (Wildman–Crippen MR) is 85.4 cm³/mol. The number of anilines is 2. The summed E-state index contributed by atoms with van der Waals surface area (Å²) in [5, 5.41) is 12.5. The van der Waals surface area contributed by atoms with Gasteiger partial charge in [0.2, 0.25) is 0 Å². The molecule has 2 rings (SSSR count). The first kappa shape index (κ1) is 15.3. The lowest BCUT2D eigenvalue weighted by Gasteiger charge is -2.23. The molecule has 21 heavy (non-hydrogen) atoms. The van der Waals surface area contributed by atoms with Crippen LogP contribution in [0.25, 0.3) is 0 Å². The molecule has 0 bridgehead atoms. The molecule has 5 heteroatoms. The summed E-state index contributed by atoms with van der Waals surface area (Å²) in [6.07, 6.45) is 4.49. The molecule has 0 fully saturated rings. The molecule has 0 unspecified atom stereocenters. The van der Waals surface area contributed by atoms with Crippen LogP contribution in [-0.2, 0) is 6.54 Å². The largest absolute Gasteiger partial charge is 0.395 e. The lowest BCUT2D eigenvalue weighted by atomic mass is 10.2. The molecule has 0 spiro atoms. The van der Waals surface area contributed by atoms with Crippen molar-refractivity contribution in [3.05, 3.63) is 48.3 Å². The second-order valence-electron chi connectivity index (χ2n) is 4.82. The van der Waals surface area contributed by atoms with Gasteiger partial charge < -0.3 is 15.3 Å². The fourth-order valence-electron chi connectivity index (χ4n) is 2.05. The van der Waals surface area contributed by atoms with Crippen LogP contribution in [-0.4, -0.2) is 34.8 Å². The average Bonchev–Trinajstić information content (AvgIpc) is 2.54. The highest BCUT2D eigenvalue weighted by Crippen LogP contribution is 2.15. The van der Waals surface area contributed by atoms with Crippen LogP contribution in [0.1, 0.15) is 18.9 Å². The topological polar surface area (TPSA) is 61.3 Å². The molecule has 1 heterocycles. The Kier molecular flexibility index (Phi) is 5.97. The van der Waals surface area contributed by atoms with Crippen LogP contribution in [0.4, 0.5) is 11.6 Å². The van der Waals surface area contributed by atoms with Gasteiger partial charge in [-0.1, -0.05) is 37.3 Å². The Morgan fingerprint density at radius 3 is 2.71 bits per heavy atom. The Morgan fingerprint density at radius 2 is 2.00 bits per heavy atom. The van der Waals surface area contributed by atoms with E-state index in [-0.39, 0.29) is 6.61 Å². The molecule has 0 amide bonds. The Morgan fingerprint density at radius 1 is 1.19 bits per heavy atom. The zero-order chi connectivity index (χ0) is 14.9. The molecule has 0 saturated heterocycles. The maximum atomic E-state index is 9.28. The molecule has 2 aromatic rings. The third-order valence-corrected chi connectivity index (χ3v) is 3.09. The van der Waals surface area contributed by atoms with E-state index < -0.39 is 0 Å². The van der Waals surface area contributed by atoms with Crippen molar-refractivity contribution in [1.29, 1.82) is 0 Å². The van der Waals surface area contributed by atoms with Crippen molar-refractivity contribution in [2.75, 3.05) is 29.9 Å². The molecule has 1 aromatic carbocycles. The van der Waals surface area contributed by atoms with Gasteiger partial charge in [0.25, 0.3) is 0 Å². The maximum absolute atomic E-state index is 9.28. The van der Waals surface area contributed by atoms with Gasteiger partial charge in [-0.2, -0.15) is 0 Å². The van der Waals surface area contributed by atoms with E-state index in [9.17, 15) is 5.11 Å². The standard InChI is InChI=1S/C16H22N4O/c1-2-8-18-15-11-17-12-16(19-15)20(9-10-21)13-14-6-4-3-5-7-14/h3-7,11-12,21H,2,8-10,13H2,1H3,(H,18,19). The van der Waals surface area contributed by atoms with Crippen LogP contribution in [0.15, 0.2) is 42.7 Å². The summed E-state index contributed by atoms with van der Waals surface area (Å²) in [4.78, 5) is 10.8. The van der Waals surface area contributed by atoms with E-state index in [4.69, 9.17) is 0 Å². The smallest absolute Gasteiger partial charge is 0.149 e. The molecule has 0 radical (unpaired) electrons. The molecule has 0 aliphatic carbocycles. The fourth-order valence-corrected chi connectivity index (χ4v) is 2.05. The lowest BCUT2D eigenvalue weighted by molar-refractivity contribution is 0.301. The summed E-state index contributed by atoms with van der Waals surface area (Å²) in [5.41, 5.74) is 1.18. The van der Waals surface area contributed by atoms with Crippen LogP contribution in [0.3, 0.4) is 0 Å². The van der Waals surface area contributed by atoms with Gasteiger partial charge in [-0.05, 0) is 12.0 Å². The minimum atomic E-state index is 0.0845. The van der Waals surface area contributed by atoms with E-state index >= 15 is 0 Å². The minimum absolute atomic E-state index is 0.0845. The molecular formula is C16H22N4O. The average molecular weight is 286 g/mol. The van der Waals surface area contributed by atoms with Crippen molar-refractivity contribution >= 4 is 11.6 Å². The second kappa shape index (κ2) is 8.21. The van der Waals surface area contributed by atoms with Gasteiger partial charge in [-0.15, -0.1) is 0 Å². The molecule has 0 saturated carbocycles. The summed E-state index contributed by atoms with van der Waals surface area (Å²) in [6.45, 7) is 4.30. The highest BCUT2D eigenvalue weighted by molar-refractivity contribution is 5.44. The van der Waals surface area contributed by atoms with E-state index in [1.54, 1.807) is 12.4 Å². The van der Waals surface area contributed by atoms with E-state index in [1.807, 2.05) is 23.1 Å². The zero-order valence-electron chi connectivity index (χ0n) is 12.4. The number of hydrogen-bond donors (Lipinski definition) is 2. The van der Waals surface area contributed by atoms with E-state index in [0.717, 1.165) is 24.6 Å². The van der Waals surface area contributed by atoms with Crippen LogP contribution >= 0.6 is 0 Å². The van der Waals surface area contributed by atoms with Crippen LogP contribution in [0.2, 0.25) is 0 Å². The Balaban J connectivity index is 2.13. The van der Waals surface area contributed by atoms with Gasteiger partial charge in [-0.25, -0.2) is 4.98 Å². The van der Waals surface area contributed by atoms with Crippen molar-refractivity contribution in [1.82, 2.24) is 9.97 Å². The summed E-state index contributed by atoms with van der Waals surface area (Å²) < 4.78 is 0. The lowest BCUT2D eigenvalue weighted by Crippen LogP contribution is -2.27. The van der Waals surface area contributed by atoms with Gasteiger partial charge in [-0.3, -0.25) is 4.98 Å². The first-order valence-electron chi connectivity index (χ1n) is 7.29. The fraction of sp³-hybridized carbons (Fsp3) is 0.375. The van der Waals surface area contributed by atoms with Crippen molar-refractivity contribution in [2.45, 2.75) is 19.9 Å². The normalized spacial score (nSPS) is 10.4. The van der Waals surface area contributed by atoms with Crippen molar-refractivity contribution < 1.29 is 5.11 Å². The molecule has 0 atom stereocenters. The second-order valence-corrected chi connectivity index (χ2v) is 4.82. The van der Waals surface area contributed by atoms with Crippen LogP contribution in [0.5, 0.6) is 0 Å². The number of benzene rings is 1. The first-order chi connectivity index (χ1) is 10.3. The van der Waals surface area contributed by atoms with Gasteiger partial charge in [0.1, 0.15) is 11.6 Å². The summed E-state index contributed by atoms with van der Waals surface area (Å²) in [5.74, 6) is 1.54. The minimum Gasteiger partial charge on any atom is -0.395 e. The van der Waals surface area contributed by atoms with Gasteiger partial charge in [0.15, 0.2) is 0 Å². The number of aliphatic hydroxyl groups is 1. The molecule has 0 aliphatic rings. The van der Waals surface area contributed by atoms with Crippen LogP contribution < -0.4 is 10.2 Å². The van der Waals surface area contributed by atoms with Crippen LogP contribution in [0, 0.1) is 0 Å². The van der Waals surface area contributed by atoms with Crippen molar-refractivity contribution in [3.8, 4) is 0 Å². The van der Waals surface area contributed by atoms with E-state index in [2.05, 4.69) is 34.3 Å².